The van der Waals surface area contributed by atoms with Gasteiger partial charge in [-0.3, -0.25) is 0 Å². The Labute approximate surface area is 784 Å². The van der Waals surface area contributed by atoms with Crippen LogP contribution in [0, 0.1) is 24.5 Å². The Morgan fingerprint density at radius 3 is 0.926 bits per heavy atom. The standard InChI is InChI=1S/C66H40N6.C59H37N5/c1-68-57-28-14-10-24-50(57)46-33-36-65-56(39-46)55-38-45(49-23-9-8-22-48(49)42-67)32-35-64(55)72(65)63-37-34-47(59-41-58(43-18-4-2-5-19-43)69-66(70-59)44-20-6-3-7-21-44)40-54(63)53-27-13-17-31-62(53)71-60-29-15-11-25-51(60)52-26-12-16-30-61(52)71;1-60-44-22-16-21-41(35-44)42-31-33-57-49(36-42)47-25-10-15-30-56(47)64(57)58-34-32-43(52-38-51(39-17-4-2-5-18-39)61-59(62-52)40-19-6-3-7-20-40)37-50(58)48-26-11-14-29-55(48)63-53-27-12-8-23-45(53)46-24-9-13-28-54(46)63/h2-41H;2-38H. The molecule has 25 rings (SSSR count). The highest BCUT2D eigenvalue weighted by atomic mass is 15.0. The van der Waals surface area contributed by atoms with E-state index in [1.165, 1.54) is 21.5 Å². The fourth-order valence-corrected chi connectivity index (χ4v) is 19.9. The summed E-state index contributed by atoms with van der Waals surface area (Å²) in [5, 5.41) is 19.4. The van der Waals surface area contributed by atoms with Crippen LogP contribution in [0.1, 0.15) is 5.56 Å². The number of benzene rings is 19. The first-order valence-corrected chi connectivity index (χ1v) is 45.3. The van der Waals surface area contributed by atoms with Crippen molar-refractivity contribution in [2.75, 3.05) is 0 Å². The lowest BCUT2D eigenvalue weighted by molar-refractivity contribution is 1.16. The summed E-state index contributed by atoms with van der Waals surface area (Å²) in [6.45, 7) is 15.7. The van der Waals surface area contributed by atoms with Gasteiger partial charge in [0.15, 0.2) is 23.0 Å². The van der Waals surface area contributed by atoms with Gasteiger partial charge in [0, 0.05) is 98.7 Å². The van der Waals surface area contributed by atoms with Gasteiger partial charge in [0.1, 0.15) is 0 Å². The molecule has 136 heavy (non-hydrogen) atoms. The number of nitrogens with zero attached hydrogens (tertiary/aromatic N) is 11. The molecule has 0 aliphatic rings. The third-order valence-corrected chi connectivity index (χ3v) is 26.2. The number of fused-ring (bicyclic) bond motifs is 12. The van der Waals surface area contributed by atoms with Crippen LogP contribution in [0.5, 0.6) is 0 Å². The van der Waals surface area contributed by atoms with E-state index >= 15 is 0 Å². The quantitative estimate of drug-likeness (QED) is 0.0951. The van der Waals surface area contributed by atoms with Crippen molar-refractivity contribution in [2.24, 2.45) is 0 Å². The molecule has 0 aliphatic carbocycles. The van der Waals surface area contributed by atoms with Crippen LogP contribution in [-0.2, 0) is 0 Å². The predicted octanol–water partition coefficient (Wildman–Crippen LogP) is 32.7. The molecule has 6 aromatic heterocycles. The fourth-order valence-electron chi connectivity index (χ4n) is 19.9. The lowest BCUT2D eigenvalue weighted by Gasteiger charge is -2.20. The zero-order valence-corrected chi connectivity index (χ0v) is 73.4. The number of nitriles is 1. The van der Waals surface area contributed by atoms with Gasteiger partial charge in [-0.1, -0.05) is 340 Å². The number of hydrogen-bond donors (Lipinski definition) is 0. The predicted molar refractivity (Wildman–Crippen MR) is 558 cm³/mol. The zero-order chi connectivity index (χ0) is 90.7. The van der Waals surface area contributed by atoms with E-state index in [-0.39, 0.29) is 0 Å². The molecular formula is C125H77N11. The van der Waals surface area contributed by atoms with E-state index in [0.29, 0.717) is 28.6 Å². The Bertz CT molecular complexity index is 8880. The van der Waals surface area contributed by atoms with Crippen LogP contribution in [-0.4, -0.2) is 38.2 Å². The smallest absolute Gasteiger partial charge is 0.194 e. The maximum atomic E-state index is 10.2. The zero-order valence-electron chi connectivity index (χ0n) is 73.4. The Hall–Kier alpha value is -19.0. The van der Waals surface area contributed by atoms with Crippen molar-refractivity contribution in [3.8, 4) is 152 Å². The van der Waals surface area contributed by atoms with E-state index in [1.807, 2.05) is 127 Å². The van der Waals surface area contributed by atoms with E-state index in [2.05, 4.69) is 374 Å². The minimum absolute atomic E-state index is 0.597. The molecule has 11 nitrogen and oxygen atoms in total. The molecule has 0 saturated carbocycles. The molecule has 632 valence electrons. The van der Waals surface area contributed by atoms with Crippen LogP contribution < -0.4 is 0 Å². The first kappa shape index (κ1) is 80.3. The average Bonchev–Trinajstić information content (AvgIpc) is 1.56. The van der Waals surface area contributed by atoms with E-state index < -0.39 is 0 Å². The van der Waals surface area contributed by atoms with E-state index in [0.717, 1.165) is 200 Å². The molecule has 11 heteroatoms. The first-order valence-electron chi connectivity index (χ1n) is 45.3. The van der Waals surface area contributed by atoms with Crippen LogP contribution in [0.25, 0.3) is 243 Å². The Morgan fingerprint density at radius 1 is 0.199 bits per heavy atom. The molecule has 0 spiro atoms. The summed E-state index contributed by atoms with van der Waals surface area (Å²) in [6, 6.07) is 165. The van der Waals surface area contributed by atoms with E-state index in [1.54, 1.807) is 0 Å². The van der Waals surface area contributed by atoms with Gasteiger partial charge in [0.25, 0.3) is 0 Å². The molecule has 0 bridgehead atoms. The molecule has 6 heterocycles. The van der Waals surface area contributed by atoms with Crippen LogP contribution >= 0.6 is 0 Å². The molecule has 0 amide bonds. The highest BCUT2D eigenvalue weighted by molar-refractivity contribution is 6.16. The van der Waals surface area contributed by atoms with Crippen molar-refractivity contribution in [1.29, 1.82) is 5.26 Å². The topological polar surface area (TPSA) is 104 Å². The molecule has 19 aromatic carbocycles. The first-order chi connectivity index (χ1) is 67.3. The van der Waals surface area contributed by atoms with Gasteiger partial charge in [-0.25, -0.2) is 29.6 Å². The maximum Gasteiger partial charge on any atom is 0.194 e. The van der Waals surface area contributed by atoms with Crippen LogP contribution in [0.2, 0.25) is 0 Å². The minimum atomic E-state index is 0.597. The summed E-state index contributed by atoms with van der Waals surface area (Å²) in [6.07, 6.45) is 0. The van der Waals surface area contributed by atoms with Crippen molar-refractivity contribution < 1.29 is 0 Å². The van der Waals surface area contributed by atoms with Gasteiger partial charge in [-0.05, 0) is 161 Å². The summed E-state index contributed by atoms with van der Waals surface area (Å²) >= 11 is 0. The van der Waals surface area contributed by atoms with E-state index in [4.69, 9.17) is 33.1 Å². The van der Waals surface area contributed by atoms with Gasteiger partial charge in [-0.2, -0.15) is 5.26 Å². The number of rotatable bonds is 15. The molecule has 0 radical (unpaired) electrons. The van der Waals surface area contributed by atoms with Gasteiger partial charge in [0.2, 0.25) is 0 Å². The second-order valence-corrected chi connectivity index (χ2v) is 34.0. The lowest BCUT2D eigenvalue weighted by Crippen LogP contribution is -2.02. The maximum absolute atomic E-state index is 10.2. The third kappa shape index (κ3) is 14.2. The van der Waals surface area contributed by atoms with Crippen molar-refractivity contribution >= 4 is 98.6 Å². The number of para-hydroxylation sites is 8. The molecule has 0 aliphatic heterocycles. The second-order valence-electron chi connectivity index (χ2n) is 34.0. The molecule has 0 atom stereocenters. The molecule has 0 unspecified atom stereocenters. The van der Waals surface area contributed by atoms with Crippen molar-refractivity contribution in [3.05, 3.63) is 496 Å². The Balaban J connectivity index is 0.000000150. The SMILES string of the molecule is [C-]#[N+]c1cccc(-c2ccc3c(c2)c2ccccc2n3-c2ccc(-c3cc(-c4ccccc4)nc(-c4ccccc4)n3)cc2-c2ccccc2-n2c3ccccc3c3ccccc32)c1.[C-]#[N+]c1ccccc1-c1ccc2c(c1)c1cc(-c3ccccc3C#N)ccc1n2-c1ccc(-c2cc(-c3ccccc3)nc(-c3ccccc3)n2)cc1-c1ccccc1-n1c2ccccc2c2ccccc21. The highest BCUT2D eigenvalue weighted by Gasteiger charge is 2.27. The van der Waals surface area contributed by atoms with Gasteiger partial charge in [-0.15, -0.1) is 0 Å². The summed E-state index contributed by atoms with van der Waals surface area (Å²) in [4.78, 5) is 28.5. The fraction of sp³-hybridized carbons (Fsp3) is 0. The second kappa shape index (κ2) is 34.1. The molecule has 25 aromatic rings. The largest absolute Gasteiger partial charge is 0.309 e. The monoisotopic (exact) mass is 1730 g/mol. The van der Waals surface area contributed by atoms with Crippen LogP contribution in [0.4, 0.5) is 11.4 Å². The van der Waals surface area contributed by atoms with E-state index in [9.17, 15) is 5.26 Å². The van der Waals surface area contributed by atoms with Crippen molar-refractivity contribution in [2.45, 2.75) is 0 Å². The summed E-state index contributed by atoms with van der Waals surface area (Å²) in [7, 11) is 0. The number of aromatic nitrogens is 8. The normalized spacial score (nSPS) is 11.4. The van der Waals surface area contributed by atoms with Gasteiger partial charge < -0.3 is 18.3 Å². The lowest BCUT2D eigenvalue weighted by atomic mass is 9.96. The van der Waals surface area contributed by atoms with Crippen LogP contribution in [0.15, 0.2) is 467 Å². The van der Waals surface area contributed by atoms with Crippen molar-refractivity contribution in [3.63, 3.8) is 0 Å². The Kier molecular flexibility index (Phi) is 20.2. The summed E-state index contributed by atoms with van der Waals surface area (Å²) < 4.78 is 9.60. The molecular weight excluding hydrogens is 1660 g/mol. The third-order valence-electron chi connectivity index (χ3n) is 26.2. The molecule has 0 fully saturated rings. The number of hydrogen-bond acceptors (Lipinski definition) is 5. The summed E-state index contributed by atoms with van der Waals surface area (Å²) in [5.41, 5.74) is 33.9. The summed E-state index contributed by atoms with van der Waals surface area (Å²) in [5.74, 6) is 1.32. The van der Waals surface area contributed by atoms with Gasteiger partial charge in [0.05, 0.1) is 114 Å². The minimum Gasteiger partial charge on any atom is -0.309 e. The van der Waals surface area contributed by atoms with Crippen molar-refractivity contribution in [1.82, 2.24) is 38.2 Å². The van der Waals surface area contributed by atoms with Gasteiger partial charge >= 0.3 is 0 Å². The molecule has 0 saturated heterocycles. The van der Waals surface area contributed by atoms with Crippen LogP contribution in [0.3, 0.4) is 0 Å². The highest BCUT2D eigenvalue weighted by Crippen LogP contribution is 2.49. The molecule has 0 N–H and O–H groups in total. The average molecular weight is 1730 g/mol. The Morgan fingerprint density at radius 2 is 0.500 bits per heavy atom.